The smallest absolute Gasteiger partial charge is 0.114 e. The van der Waals surface area contributed by atoms with E-state index in [1.165, 1.54) is 24.8 Å². The van der Waals surface area contributed by atoms with Crippen LogP contribution in [0.3, 0.4) is 0 Å². The highest BCUT2D eigenvalue weighted by Gasteiger charge is 2.04. The third-order valence-corrected chi connectivity index (χ3v) is 3.22. The summed E-state index contributed by atoms with van der Waals surface area (Å²) in [5.74, 6) is 0. The molecule has 0 spiro atoms. The fourth-order valence-corrected chi connectivity index (χ4v) is 2.04. The summed E-state index contributed by atoms with van der Waals surface area (Å²) in [6.07, 6.45) is 7.23. The second-order valence-corrected chi connectivity index (χ2v) is 5.02. The van der Waals surface area contributed by atoms with Gasteiger partial charge in [-0.2, -0.15) is 0 Å². The number of aryl methyl sites for hydroxylation is 1. The number of hydrogen-bond donors (Lipinski definition) is 0. The largest absolute Gasteiger partial charge is 0.396 e. The van der Waals surface area contributed by atoms with Gasteiger partial charge >= 0.3 is 0 Å². The number of benzene rings is 1. The Balaban J connectivity index is 2.68. The maximum absolute atomic E-state index is 5.20. The summed E-state index contributed by atoms with van der Waals surface area (Å²) >= 11 is 0. The Labute approximate surface area is 134 Å². The van der Waals surface area contributed by atoms with Crippen molar-refractivity contribution in [3.8, 4) is 0 Å². The first-order valence-electron chi connectivity index (χ1n) is 8.23. The average molecular weight is 304 g/mol. The van der Waals surface area contributed by atoms with Gasteiger partial charge in [0.25, 0.3) is 0 Å². The summed E-state index contributed by atoms with van der Waals surface area (Å²) in [6.45, 7) is 7.18. The molecule has 1 aromatic rings. The number of unbranched alkanes of at least 4 members (excludes halogenated alkanes) is 2. The fraction of sp³-hybridized carbons (Fsp3) is 0.556. The van der Waals surface area contributed by atoms with Crippen LogP contribution in [-0.2, 0) is 16.1 Å². The molecular weight excluding hydrogens is 276 g/mol. The van der Waals surface area contributed by atoms with E-state index in [9.17, 15) is 0 Å². The monoisotopic (exact) mass is 304 g/mol. The molecule has 4 nitrogen and oxygen atoms in total. The van der Waals surface area contributed by atoms with Crippen molar-refractivity contribution in [3.63, 3.8) is 0 Å². The Morgan fingerprint density at radius 1 is 1.00 bits per heavy atom. The number of rotatable bonds is 11. The Morgan fingerprint density at radius 2 is 1.73 bits per heavy atom. The molecule has 0 radical (unpaired) electrons. The molecule has 122 valence electrons. The minimum absolute atomic E-state index is 0.557. The van der Waals surface area contributed by atoms with E-state index in [-0.39, 0.29) is 0 Å². The van der Waals surface area contributed by atoms with Crippen molar-refractivity contribution in [1.82, 2.24) is 0 Å². The van der Waals surface area contributed by atoms with Crippen molar-refractivity contribution in [2.75, 3.05) is 13.2 Å². The predicted octanol–water partition coefficient (Wildman–Crippen LogP) is 4.57. The van der Waals surface area contributed by atoms with Gasteiger partial charge in [0, 0.05) is 12.6 Å². The molecule has 0 bridgehead atoms. The molecular formula is C18H28N2O2. The van der Waals surface area contributed by atoms with Gasteiger partial charge in [0.2, 0.25) is 0 Å². The van der Waals surface area contributed by atoms with Gasteiger partial charge in [0.05, 0.1) is 5.71 Å². The molecule has 0 unspecified atom stereocenters. The van der Waals surface area contributed by atoms with Gasteiger partial charge in [-0.25, -0.2) is 0 Å². The summed E-state index contributed by atoms with van der Waals surface area (Å²) < 4.78 is 0. The topological polar surface area (TPSA) is 43.2 Å². The van der Waals surface area contributed by atoms with Crippen LogP contribution in [0.4, 0.5) is 0 Å². The first kappa shape index (κ1) is 18.2. The molecule has 0 saturated heterocycles. The molecule has 0 aliphatic heterocycles. The molecule has 0 aliphatic carbocycles. The van der Waals surface area contributed by atoms with Crippen LogP contribution in [0.1, 0.15) is 57.6 Å². The quantitative estimate of drug-likeness (QED) is 0.341. The summed E-state index contributed by atoms with van der Waals surface area (Å²) in [5, 5.41) is 8.05. The van der Waals surface area contributed by atoms with Crippen LogP contribution in [0, 0.1) is 0 Å². The lowest BCUT2D eigenvalue weighted by atomic mass is 10.0. The lowest BCUT2D eigenvalue weighted by molar-refractivity contribution is 0.157. The third kappa shape index (κ3) is 7.25. The molecule has 0 atom stereocenters. The second-order valence-electron chi connectivity index (χ2n) is 5.02. The van der Waals surface area contributed by atoms with Crippen molar-refractivity contribution >= 4 is 11.9 Å². The molecule has 0 heterocycles. The average Bonchev–Trinajstić information content (AvgIpc) is 2.55. The van der Waals surface area contributed by atoms with E-state index < -0.39 is 0 Å². The normalized spacial score (nSPS) is 11.9. The Morgan fingerprint density at radius 3 is 2.36 bits per heavy atom. The summed E-state index contributed by atoms with van der Waals surface area (Å²) in [7, 11) is 0. The van der Waals surface area contributed by atoms with Gasteiger partial charge in [0.15, 0.2) is 0 Å². The standard InChI is InChI=1S/C18H28N2O2/c1-4-7-8-9-16-10-12-17(13-11-16)18(20-22-6-3)14-15-19-21-5-2/h10-13,15H,4-9,14H2,1-3H3/b19-15+,20-18+. The van der Waals surface area contributed by atoms with Crippen LogP contribution in [-0.4, -0.2) is 25.1 Å². The molecule has 0 fully saturated rings. The van der Waals surface area contributed by atoms with Gasteiger partial charge in [-0.05, 0) is 37.8 Å². The van der Waals surface area contributed by atoms with E-state index in [1.54, 1.807) is 6.21 Å². The lowest BCUT2D eigenvalue weighted by Crippen LogP contribution is -2.04. The Kier molecular flexibility index (Phi) is 9.75. The number of hydrogen-bond acceptors (Lipinski definition) is 4. The highest BCUT2D eigenvalue weighted by molar-refractivity contribution is 6.06. The van der Waals surface area contributed by atoms with Crippen molar-refractivity contribution < 1.29 is 9.68 Å². The Hall–Kier alpha value is -1.84. The molecule has 0 aliphatic rings. The van der Waals surface area contributed by atoms with Crippen LogP contribution in [0.25, 0.3) is 0 Å². The molecule has 22 heavy (non-hydrogen) atoms. The lowest BCUT2D eigenvalue weighted by Gasteiger charge is -2.06. The first-order valence-corrected chi connectivity index (χ1v) is 8.23. The number of oxime groups is 2. The molecule has 0 saturated carbocycles. The molecule has 4 heteroatoms. The van der Waals surface area contributed by atoms with Crippen molar-refractivity contribution in [2.45, 2.75) is 52.9 Å². The molecule has 0 amide bonds. The van der Waals surface area contributed by atoms with Crippen LogP contribution < -0.4 is 0 Å². The fourth-order valence-electron chi connectivity index (χ4n) is 2.04. The third-order valence-electron chi connectivity index (χ3n) is 3.22. The number of nitrogens with zero attached hydrogens (tertiary/aromatic N) is 2. The van der Waals surface area contributed by atoms with Crippen LogP contribution in [0.5, 0.6) is 0 Å². The van der Waals surface area contributed by atoms with Crippen molar-refractivity contribution in [2.24, 2.45) is 10.3 Å². The van der Waals surface area contributed by atoms with Gasteiger partial charge in [0.1, 0.15) is 13.2 Å². The van der Waals surface area contributed by atoms with E-state index in [2.05, 4.69) is 41.5 Å². The zero-order valence-corrected chi connectivity index (χ0v) is 14.0. The summed E-state index contributed by atoms with van der Waals surface area (Å²) in [6, 6.07) is 8.56. The molecule has 0 aromatic heterocycles. The van der Waals surface area contributed by atoms with Gasteiger partial charge in [-0.3, -0.25) is 0 Å². The van der Waals surface area contributed by atoms with Crippen LogP contribution in [0.2, 0.25) is 0 Å². The SMILES string of the molecule is CCCCCc1ccc(/C(C/C=N/OCC)=N/OCC)cc1. The van der Waals surface area contributed by atoms with Crippen LogP contribution >= 0.6 is 0 Å². The van der Waals surface area contributed by atoms with Crippen molar-refractivity contribution in [3.05, 3.63) is 35.4 Å². The van der Waals surface area contributed by atoms with Gasteiger partial charge in [-0.15, -0.1) is 0 Å². The first-order chi connectivity index (χ1) is 10.8. The van der Waals surface area contributed by atoms with Crippen LogP contribution in [0.15, 0.2) is 34.6 Å². The molecule has 1 aromatic carbocycles. The minimum atomic E-state index is 0.557. The van der Waals surface area contributed by atoms with E-state index >= 15 is 0 Å². The van der Waals surface area contributed by atoms with Gasteiger partial charge < -0.3 is 9.68 Å². The molecule has 1 rings (SSSR count). The van der Waals surface area contributed by atoms with E-state index in [4.69, 9.17) is 9.68 Å². The minimum Gasteiger partial charge on any atom is -0.396 e. The van der Waals surface area contributed by atoms with E-state index in [0.717, 1.165) is 17.7 Å². The summed E-state index contributed by atoms with van der Waals surface area (Å²) in [4.78, 5) is 10.2. The highest BCUT2D eigenvalue weighted by Crippen LogP contribution is 2.11. The second kappa shape index (κ2) is 11.8. The maximum Gasteiger partial charge on any atom is 0.114 e. The molecule has 0 N–H and O–H groups in total. The van der Waals surface area contributed by atoms with E-state index in [0.29, 0.717) is 19.6 Å². The maximum atomic E-state index is 5.20. The highest BCUT2D eigenvalue weighted by atomic mass is 16.6. The van der Waals surface area contributed by atoms with E-state index in [1.807, 2.05) is 13.8 Å². The summed E-state index contributed by atoms with van der Waals surface area (Å²) in [5.41, 5.74) is 3.30. The zero-order chi connectivity index (χ0) is 16.0. The van der Waals surface area contributed by atoms with Crippen molar-refractivity contribution in [1.29, 1.82) is 0 Å². The Bertz CT molecular complexity index is 453. The predicted molar refractivity (Wildman–Crippen MR) is 92.6 cm³/mol. The van der Waals surface area contributed by atoms with Gasteiger partial charge in [-0.1, -0.05) is 54.3 Å². The zero-order valence-electron chi connectivity index (χ0n) is 14.0.